The minimum Gasteiger partial charge on any atom is -0.0836 e. The Labute approximate surface area is 168 Å². The summed E-state index contributed by atoms with van der Waals surface area (Å²) in [5, 5.41) is 2.76. The van der Waals surface area contributed by atoms with Gasteiger partial charge in [0.15, 0.2) is 0 Å². The topological polar surface area (TPSA) is 0 Å². The quantitative estimate of drug-likeness (QED) is 0.272. The SMILES string of the molecule is CC1(I)C=Cc2cc(-c3ccc4c5c(ccc4c3)C=CCC5)ccc2C1. The van der Waals surface area contributed by atoms with Gasteiger partial charge in [0, 0.05) is 3.42 Å². The number of aryl methyl sites for hydroxylation is 1. The largest absolute Gasteiger partial charge is 0.0836 e. The number of halogens is 1. The first-order valence-corrected chi connectivity index (χ1v) is 10.4. The second-order valence-electron chi connectivity index (χ2n) is 7.71. The van der Waals surface area contributed by atoms with Crippen molar-refractivity contribution in [3.05, 3.63) is 82.9 Å². The minimum atomic E-state index is 0.239. The van der Waals surface area contributed by atoms with Gasteiger partial charge in [0.1, 0.15) is 0 Å². The number of alkyl halides is 1. The first-order chi connectivity index (χ1) is 12.6. The van der Waals surface area contributed by atoms with Gasteiger partial charge in [-0.2, -0.15) is 0 Å². The molecule has 2 aliphatic rings. The normalized spacial score (nSPS) is 20.8. The molecule has 0 saturated carbocycles. The lowest BCUT2D eigenvalue weighted by molar-refractivity contribution is 0.811. The molecule has 0 spiro atoms. The van der Waals surface area contributed by atoms with Gasteiger partial charge in [0.25, 0.3) is 0 Å². The van der Waals surface area contributed by atoms with Gasteiger partial charge in [0.05, 0.1) is 0 Å². The summed E-state index contributed by atoms with van der Waals surface area (Å²) in [5.74, 6) is 0. The summed E-state index contributed by atoms with van der Waals surface area (Å²) in [7, 11) is 0. The monoisotopic (exact) mass is 448 g/mol. The van der Waals surface area contributed by atoms with Crippen molar-refractivity contribution < 1.29 is 0 Å². The van der Waals surface area contributed by atoms with Crippen molar-refractivity contribution in [1.82, 2.24) is 0 Å². The van der Waals surface area contributed by atoms with E-state index in [0.29, 0.717) is 0 Å². The number of hydrogen-bond donors (Lipinski definition) is 0. The predicted octanol–water partition coefficient (Wildman–Crippen LogP) is 7.23. The summed E-state index contributed by atoms with van der Waals surface area (Å²) in [4.78, 5) is 0. The van der Waals surface area contributed by atoms with Gasteiger partial charge >= 0.3 is 0 Å². The van der Waals surface area contributed by atoms with Crippen LogP contribution in [0.3, 0.4) is 0 Å². The molecule has 0 radical (unpaired) electrons. The molecule has 0 aliphatic heterocycles. The van der Waals surface area contributed by atoms with Crippen LogP contribution in [0.25, 0.3) is 34.1 Å². The van der Waals surface area contributed by atoms with E-state index in [1.54, 1.807) is 0 Å². The molecule has 0 bridgehead atoms. The van der Waals surface area contributed by atoms with E-state index in [1.165, 1.54) is 44.2 Å². The molecule has 0 amide bonds. The molecule has 1 heteroatoms. The van der Waals surface area contributed by atoms with Gasteiger partial charge in [-0.25, -0.2) is 0 Å². The van der Waals surface area contributed by atoms with Crippen LogP contribution >= 0.6 is 22.6 Å². The first kappa shape index (κ1) is 16.3. The van der Waals surface area contributed by atoms with Gasteiger partial charge in [-0.15, -0.1) is 0 Å². The van der Waals surface area contributed by atoms with Crippen molar-refractivity contribution >= 4 is 45.5 Å². The van der Waals surface area contributed by atoms with Crippen LogP contribution in [0.4, 0.5) is 0 Å². The molecule has 2 aliphatic carbocycles. The van der Waals surface area contributed by atoms with Gasteiger partial charge in [-0.05, 0) is 82.5 Å². The number of hydrogen-bond acceptors (Lipinski definition) is 0. The Bertz CT molecular complexity index is 1080. The summed E-state index contributed by atoms with van der Waals surface area (Å²) >= 11 is 2.54. The van der Waals surface area contributed by atoms with Gasteiger partial charge in [-0.1, -0.05) is 83.3 Å². The lowest BCUT2D eigenvalue weighted by Crippen LogP contribution is -2.19. The highest BCUT2D eigenvalue weighted by molar-refractivity contribution is 14.1. The average molecular weight is 448 g/mol. The molecule has 0 nitrogen and oxygen atoms in total. The van der Waals surface area contributed by atoms with E-state index in [4.69, 9.17) is 0 Å². The average Bonchev–Trinajstić information content (AvgIpc) is 2.66. The summed E-state index contributed by atoms with van der Waals surface area (Å²) in [6.07, 6.45) is 12.6. The van der Waals surface area contributed by atoms with Gasteiger partial charge in [0.2, 0.25) is 0 Å². The Balaban J connectivity index is 1.59. The van der Waals surface area contributed by atoms with Crippen LogP contribution in [0.5, 0.6) is 0 Å². The van der Waals surface area contributed by atoms with E-state index in [-0.39, 0.29) is 3.42 Å². The summed E-state index contributed by atoms with van der Waals surface area (Å²) in [6.45, 7) is 2.29. The summed E-state index contributed by atoms with van der Waals surface area (Å²) in [6, 6.07) is 18.4. The lowest BCUT2D eigenvalue weighted by atomic mass is 9.87. The molecular weight excluding hydrogens is 427 g/mol. The number of allylic oxidation sites excluding steroid dienone is 2. The summed E-state index contributed by atoms with van der Waals surface area (Å²) < 4.78 is 0.239. The Morgan fingerprint density at radius 1 is 0.885 bits per heavy atom. The van der Waals surface area contributed by atoms with E-state index >= 15 is 0 Å². The van der Waals surface area contributed by atoms with Crippen LogP contribution in [0.1, 0.15) is 35.6 Å². The second kappa shape index (κ2) is 6.09. The number of rotatable bonds is 1. The smallest absolute Gasteiger partial charge is 0.0416 e. The molecule has 1 atom stereocenters. The standard InChI is InChI=1S/C25H21I/c1-25(26)13-12-20-14-18(7-9-22(20)16-25)19-10-11-24-21(15-19)8-6-17-4-2-3-5-23(17)24/h2,4,6-15H,3,5,16H2,1H3. The van der Waals surface area contributed by atoms with Crippen molar-refractivity contribution in [2.24, 2.45) is 0 Å². The molecule has 0 fully saturated rings. The van der Waals surface area contributed by atoms with Crippen LogP contribution < -0.4 is 0 Å². The number of fused-ring (bicyclic) bond motifs is 4. The van der Waals surface area contributed by atoms with Crippen molar-refractivity contribution in [2.75, 3.05) is 0 Å². The zero-order valence-electron chi connectivity index (χ0n) is 14.9. The van der Waals surface area contributed by atoms with E-state index in [9.17, 15) is 0 Å². The van der Waals surface area contributed by atoms with Crippen LogP contribution in [0.2, 0.25) is 0 Å². The zero-order valence-corrected chi connectivity index (χ0v) is 17.1. The highest BCUT2D eigenvalue weighted by Crippen LogP contribution is 2.36. The Hall–Kier alpha value is -1.87. The molecule has 5 rings (SSSR count). The van der Waals surface area contributed by atoms with Gasteiger partial charge in [-0.3, -0.25) is 0 Å². The van der Waals surface area contributed by atoms with Crippen LogP contribution in [0.15, 0.2) is 60.7 Å². The van der Waals surface area contributed by atoms with Gasteiger partial charge < -0.3 is 0 Å². The fourth-order valence-corrected chi connectivity index (χ4v) is 4.84. The maximum Gasteiger partial charge on any atom is 0.0416 e. The highest BCUT2D eigenvalue weighted by atomic mass is 127. The minimum absolute atomic E-state index is 0.239. The molecule has 26 heavy (non-hydrogen) atoms. The van der Waals surface area contributed by atoms with Crippen LogP contribution in [-0.2, 0) is 12.8 Å². The maximum atomic E-state index is 2.54. The Morgan fingerprint density at radius 2 is 1.73 bits per heavy atom. The maximum absolute atomic E-state index is 2.54. The molecule has 3 aromatic rings. The third kappa shape index (κ3) is 2.83. The highest BCUT2D eigenvalue weighted by Gasteiger charge is 2.22. The molecular formula is C25H21I. The second-order valence-corrected chi connectivity index (χ2v) is 10.2. The predicted molar refractivity (Wildman–Crippen MR) is 122 cm³/mol. The number of benzene rings is 3. The molecule has 0 heterocycles. The van der Waals surface area contributed by atoms with Crippen LogP contribution in [-0.4, -0.2) is 3.42 Å². The third-order valence-electron chi connectivity index (χ3n) is 5.65. The van der Waals surface area contributed by atoms with Crippen molar-refractivity contribution in [3.63, 3.8) is 0 Å². The lowest BCUT2D eigenvalue weighted by Gasteiger charge is -2.24. The molecule has 0 saturated heterocycles. The van der Waals surface area contributed by atoms with Crippen molar-refractivity contribution in [3.8, 4) is 11.1 Å². The molecule has 1 unspecified atom stereocenters. The van der Waals surface area contributed by atoms with Crippen LogP contribution in [0, 0.1) is 0 Å². The van der Waals surface area contributed by atoms with Crippen molar-refractivity contribution in [1.29, 1.82) is 0 Å². The van der Waals surface area contributed by atoms with Crippen molar-refractivity contribution in [2.45, 2.75) is 29.6 Å². The first-order valence-electron chi connectivity index (χ1n) is 9.33. The van der Waals surface area contributed by atoms with E-state index in [2.05, 4.69) is 102 Å². The Morgan fingerprint density at radius 3 is 2.65 bits per heavy atom. The summed E-state index contributed by atoms with van der Waals surface area (Å²) in [5.41, 5.74) is 8.33. The zero-order chi connectivity index (χ0) is 17.7. The van der Waals surface area contributed by atoms with E-state index in [0.717, 1.165) is 19.3 Å². The molecule has 128 valence electrons. The molecule has 3 aromatic carbocycles. The third-order valence-corrected chi connectivity index (χ3v) is 6.39. The molecule has 0 N–H and O–H groups in total. The fourth-order valence-electron chi connectivity index (χ4n) is 4.25. The van der Waals surface area contributed by atoms with E-state index < -0.39 is 0 Å². The Kier molecular flexibility index (Phi) is 3.82. The fraction of sp³-hybridized carbons (Fsp3) is 0.200. The molecule has 0 aromatic heterocycles. The van der Waals surface area contributed by atoms with E-state index in [1.807, 2.05) is 0 Å².